The normalized spacial score (nSPS) is 14.4. The number of likely N-dealkylation sites (N-methyl/N-ethyl adjacent to an activating group) is 1. The van der Waals surface area contributed by atoms with Crippen LogP contribution < -0.4 is 10.6 Å². The molecule has 2 N–H and O–H groups in total. The molecule has 0 saturated carbocycles. The van der Waals surface area contributed by atoms with Crippen LogP contribution in [0.1, 0.15) is 53.9 Å². The van der Waals surface area contributed by atoms with Crippen molar-refractivity contribution in [3.05, 3.63) is 0 Å². The summed E-state index contributed by atoms with van der Waals surface area (Å²) in [5, 5.41) is 4.10. The Balaban J connectivity index is 5.10. The molecule has 0 saturated heterocycles. The number of halogens is 3. The topological polar surface area (TPSA) is 78.5 Å². The van der Waals surface area contributed by atoms with Crippen molar-refractivity contribution >= 4 is 18.2 Å². The minimum absolute atomic E-state index is 0.187. The molecule has 0 radical (unpaired) electrons. The average Bonchev–Trinajstić information content (AvgIpc) is 2.50. The number of carbonyl (C=O) groups excluding carboxylic acids is 3. The zero-order valence-corrected chi connectivity index (χ0v) is 15.4. The van der Waals surface area contributed by atoms with Gasteiger partial charge in [-0.25, -0.2) is 4.79 Å². The fraction of sp³-hybridized carbons (Fsp3) is 0.812. The molecular weight excluding hydrogens is 339 g/mol. The molecule has 0 bridgehead atoms. The Bertz CT molecular complexity index is 467. The summed E-state index contributed by atoms with van der Waals surface area (Å²) in [6.07, 6.45) is -2.60. The molecule has 0 aromatic heterocycles. The van der Waals surface area contributed by atoms with Crippen molar-refractivity contribution in [2.75, 3.05) is 6.54 Å². The van der Waals surface area contributed by atoms with Gasteiger partial charge >= 0.3 is 12.2 Å². The molecule has 9 heteroatoms. The summed E-state index contributed by atoms with van der Waals surface area (Å²) in [5.74, 6) is -0.490. The molecule has 0 aliphatic rings. The highest BCUT2D eigenvalue weighted by Crippen LogP contribution is 2.29. The molecule has 0 aromatic carbocycles. The van der Waals surface area contributed by atoms with Gasteiger partial charge in [-0.15, -0.1) is 0 Å². The van der Waals surface area contributed by atoms with Crippen LogP contribution in [0.5, 0.6) is 0 Å². The van der Waals surface area contributed by atoms with Gasteiger partial charge < -0.3 is 20.3 Å². The third-order valence-corrected chi connectivity index (χ3v) is 3.91. The van der Waals surface area contributed by atoms with Gasteiger partial charge in [0.2, 0.25) is 5.91 Å². The standard InChI is InChI=1S/C16H28F3N3O3/c1-6-9-11(10-23)22(8-3)13(24)12(7-2)20-14(25)21-15(4,5)16(17,18)19/h10-12H,6-9H2,1-5H3,(H2,20,21,25). The number of hydrogen-bond donors (Lipinski definition) is 2. The maximum absolute atomic E-state index is 12.8. The van der Waals surface area contributed by atoms with Crippen molar-refractivity contribution in [3.63, 3.8) is 0 Å². The van der Waals surface area contributed by atoms with Gasteiger partial charge in [-0.05, 0) is 33.6 Å². The SMILES string of the molecule is CCCC(C=O)N(CC)C(=O)C(CC)NC(=O)NC(C)(C)C(F)(F)F. The van der Waals surface area contributed by atoms with E-state index in [0.29, 0.717) is 19.1 Å². The van der Waals surface area contributed by atoms with E-state index in [-0.39, 0.29) is 13.0 Å². The third kappa shape index (κ3) is 6.55. The minimum atomic E-state index is -4.63. The smallest absolute Gasteiger partial charge is 0.331 e. The number of aldehydes is 1. The highest BCUT2D eigenvalue weighted by molar-refractivity contribution is 5.88. The molecular formula is C16H28F3N3O3. The lowest BCUT2D eigenvalue weighted by molar-refractivity contribution is -0.182. The van der Waals surface area contributed by atoms with E-state index in [9.17, 15) is 27.6 Å². The number of urea groups is 1. The summed E-state index contributed by atoms with van der Waals surface area (Å²) in [4.78, 5) is 37.0. The summed E-state index contributed by atoms with van der Waals surface area (Å²) >= 11 is 0. The van der Waals surface area contributed by atoms with Crippen LogP contribution in [-0.2, 0) is 9.59 Å². The molecule has 25 heavy (non-hydrogen) atoms. The van der Waals surface area contributed by atoms with Gasteiger partial charge in [-0.2, -0.15) is 13.2 Å². The third-order valence-electron chi connectivity index (χ3n) is 3.91. The fourth-order valence-corrected chi connectivity index (χ4v) is 2.23. The summed E-state index contributed by atoms with van der Waals surface area (Å²) in [6.45, 7) is 7.12. The zero-order valence-electron chi connectivity index (χ0n) is 15.4. The average molecular weight is 367 g/mol. The van der Waals surface area contributed by atoms with Gasteiger partial charge in [0.05, 0.1) is 6.04 Å². The van der Waals surface area contributed by atoms with Crippen molar-refractivity contribution < 1.29 is 27.6 Å². The van der Waals surface area contributed by atoms with Gasteiger partial charge in [0.1, 0.15) is 17.9 Å². The molecule has 0 aliphatic carbocycles. The molecule has 2 unspecified atom stereocenters. The first-order valence-corrected chi connectivity index (χ1v) is 8.36. The Morgan fingerprint density at radius 1 is 1.16 bits per heavy atom. The summed E-state index contributed by atoms with van der Waals surface area (Å²) in [5.41, 5.74) is -2.43. The number of carbonyl (C=O) groups is 3. The van der Waals surface area contributed by atoms with Crippen molar-refractivity contribution in [1.82, 2.24) is 15.5 Å². The lowest BCUT2D eigenvalue weighted by atomic mass is 10.1. The first kappa shape index (κ1) is 23.2. The summed E-state index contributed by atoms with van der Waals surface area (Å²) in [6, 6.07) is -2.71. The van der Waals surface area contributed by atoms with E-state index in [0.717, 1.165) is 13.8 Å². The van der Waals surface area contributed by atoms with E-state index in [1.54, 1.807) is 13.8 Å². The van der Waals surface area contributed by atoms with Gasteiger partial charge in [0, 0.05) is 6.54 Å². The van der Waals surface area contributed by atoms with Crippen LogP contribution >= 0.6 is 0 Å². The van der Waals surface area contributed by atoms with Crippen LogP contribution in [0.25, 0.3) is 0 Å². The Hall–Kier alpha value is -1.80. The van der Waals surface area contributed by atoms with Crippen LogP contribution in [0.2, 0.25) is 0 Å². The largest absolute Gasteiger partial charge is 0.411 e. The van der Waals surface area contributed by atoms with Gasteiger partial charge in [0.25, 0.3) is 0 Å². The number of nitrogens with zero attached hydrogens (tertiary/aromatic N) is 1. The Kier molecular flexibility index (Phi) is 8.93. The molecule has 6 nitrogen and oxygen atoms in total. The monoisotopic (exact) mass is 367 g/mol. The van der Waals surface area contributed by atoms with Crippen molar-refractivity contribution in [3.8, 4) is 0 Å². The van der Waals surface area contributed by atoms with E-state index in [2.05, 4.69) is 5.32 Å². The van der Waals surface area contributed by atoms with Gasteiger partial charge in [-0.1, -0.05) is 20.3 Å². The molecule has 0 aromatic rings. The van der Waals surface area contributed by atoms with Crippen LogP contribution in [0.4, 0.5) is 18.0 Å². The van der Waals surface area contributed by atoms with Gasteiger partial charge in [-0.3, -0.25) is 4.79 Å². The fourth-order valence-electron chi connectivity index (χ4n) is 2.23. The highest BCUT2D eigenvalue weighted by atomic mass is 19.4. The maximum Gasteiger partial charge on any atom is 0.411 e. The van der Waals surface area contributed by atoms with Gasteiger partial charge in [0.15, 0.2) is 0 Å². The molecule has 0 rings (SSSR count). The minimum Gasteiger partial charge on any atom is -0.331 e. The summed E-state index contributed by atoms with van der Waals surface area (Å²) < 4.78 is 38.5. The van der Waals surface area contributed by atoms with Crippen LogP contribution in [0.3, 0.4) is 0 Å². The molecule has 0 heterocycles. The predicted molar refractivity (Wildman–Crippen MR) is 88.0 cm³/mol. The van der Waals surface area contributed by atoms with E-state index in [1.165, 1.54) is 4.90 Å². The summed E-state index contributed by atoms with van der Waals surface area (Å²) in [7, 11) is 0. The number of hydrogen-bond acceptors (Lipinski definition) is 3. The Morgan fingerprint density at radius 2 is 1.72 bits per heavy atom. The molecule has 2 atom stereocenters. The maximum atomic E-state index is 12.8. The van der Waals surface area contributed by atoms with Crippen molar-refractivity contribution in [2.24, 2.45) is 0 Å². The lowest BCUT2D eigenvalue weighted by Crippen LogP contribution is -2.60. The Morgan fingerprint density at radius 3 is 2.08 bits per heavy atom. The second-order valence-electron chi connectivity index (χ2n) is 6.30. The first-order valence-electron chi connectivity index (χ1n) is 8.36. The van der Waals surface area contributed by atoms with Crippen molar-refractivity contribution in [2.45, 2.75) is 77.7 Å². The quantitative estimate of drug-likeness (QED) is 0.615. The lowest BCUT2D eigenvalue weighted by Gasteiger charge is -2.32. The van der Waals surface area contributed by atoms with E-state index in [1.807, 2.05) is 12.2 Å². The second-order valence-corrected chi connectivity index (χ2v) is 6.30. The van der Waals surface area contributed by atoms with E-state index < -0.39 is 35.7 Å². The van der Waals surface area contributed by atoms with Crippen molar-refractivity contribution in [1.29, 1.82) is 0 Å². The number of amides is 3. The van der Waals surface area contributed by atoms with Crippen LogP contribution in [0, 0.1) is 0 Å². The zero-order chi connectivity index (χ0) is 19.8. The Labute approximate surface area is 146 Å². The molecule has 0 fully saturated rings. The van der Waals surface area contributed by atoms with Crippen LogP contribution in [0.15, 0.2) is 0 Å². The first-order chi connectivity index (χ1) is 11.4. The number of rotatable bonds is 9. The van der Waals surface area contributed by atoms with E-state index in [4.69, 9.17) is 0 Å². The number of alkyl halides is 3. The molecule has 3 amide bonds. The second kappa shape index (κ2) is 9.62. The molecule has 0 aliphatic heterocycles. The predicted octanol–water partition coefficient (Wildman–Crippen LogP) is 2.62. The number of nitrogens with one attached hydrogen (secondary N) is 2. The highest BCUT2D eigenvalue weighted by Gasteiger charge is 2.48. The van der Waals surface area contributed by atoms with Crippen LogP contribution in [-0.4, -0.2) is 53.5 Å². The molecule has 146 valence electrons. The molecule has 0 spiro atoms. The van der Waals surface area contributed by atoms with E-state index >= 15 is 0 Å².